The highest BCUT2D eigenvalue weighted by atomic mass is 16.5. The minimum atomic E-state index is -1.43. The summed E-state index contributed by atoms with van der Waals surface area (Å²) in [6.45, 7) is 3.89. The first-order chi connectivity index (χ1) is 21.6. The molecule has 0 bridgehead atoms. The maximum Gasteiger partial charge on any atom is 0.311 e. The highest BCUT2D eigenvalue weighted by Gasteiger charge is 2.41. The number of hydrogen-bond acceptors (Lipinski definition) is 6. The van der Waals surface area contributed by atoms with E-state index in [1.165, 1.54) is 18.2 Å². The fourth-order valence-corrected chi connectivity index (χ4v) is 5.22. The lowest BCUT2D eigenvalue weighted by Crippen LogP contribution is -2.54. The van der Waals surface area contributed by atoms with E-state index in [2.05, 4.69) is 16.0 Å². The number of hydrogen-bond donors (Lipinski definition) is 4. The van der Waals surface area contributed by atoms with Gasteiger partial charge in [-0.05, 0) is 48.7 Å². The van der Waals surface area contributed by atoms with Gasteiger partial charge >= 0.3 is 5.97 Å². The van der Waals surface area contributed by atoms with Crippen molar-refractivity contribution in [2.24, 2.45) is 0 Å². The van der Waals surface area contributed by atoms with Crippen LogP contribution in [0.2, 0.25) is 0 Å². The van der Waals surface area contributed by atoms with Gasteiger partial charge in [0.2, 0.25) is 17.9 Å². The number of ether oxygens (including phenoxy) is 1. The number of carbonyl (C=O) groups excluding carboxylic acids is 4. The molecule has 4 aromatic rings. The molecule has 3 amide bonds. The molecule has 1 aliphatic heterocycles. The van der Waals surface area contributed by atoms with Gasteiger partial charge in [0.1, 0.15) is 17.8 Å². The molecule has 3 atom stereocenters. The number of phenolic OH excluding ortho intramolecular Hbond substituents is 1. The summed E-state index contributed by atoms with van der Waals surface area (Å²) in [5, 5.41) is 18.7. The standard InChI is InChI=1S/C36H35N3O6/c1-22-8-12-25(13-9-22)19-31(41)37-30(18-24-6-4-3-5-7-24)35(43)39-33-28-21-27(40)16-17-29(28)38-36(44)34(33)45-32(42)20-26-14-10-23(2)11-15-26/h3-17,21,30,33-34,40H,18-20H2,1-2H3,(H,37,41)(H,38,44)(H,39,43)/t30-,33-,34+/m0/s1. The summed E-state index contributed by atoms with van der Waals surface area (Å²) in [6.07, 6.45) is -1.26. The molecule has 230 valence electrons. The molecule has 0 spiro atoms. The van der Waals surface area contributed by atoms with Crippen LogP contribution in [0.1, 0.15) is 39.4 Å². The zero-order chi connectivity index (χ0) is 31.9. The van der Waals surface area contributed by atoms with Gasteiger partial charge in [0, 0.05) is 17.7 Å². The topological polar surface area (TPSA) is 134 Å². The average molecular weight is 606 g/mol. The van der Waals surface area contributed by atoms with Gasteiger partial charge in [-0.15, -0.1) is 0 Å². The van der Waals surface area contributed by atoms with E-state index in [-0.39, 0.29) is 30.9 Å². The molecule has 9 nitrogen and oxygen atoms in total. The number of anilines is 1. The van der Waals surface area contributed by atoms with E-state index in [1.807, 2.05) is 80.6 Å². The predicted octanol–water partition coefficient (Wildman–Crippen LogP) is 4.24. The average Bonchev–Trinajstić information content (AvgIpc) is 3.01. The highest BCUT2D eigenvalue weighted by Crippen LogP contribution is 2.35. The second-order valence-corrected chi connectivity index (χ2v) is 11.3. The van der Waals surface area contributed by atoms with Crippen LogP contribution >= 0.6 is 0 Å². The number of carbonyl (C=O) groups is 4. The molecule has 4 aromatic carbocycles. The van der Waals surface area contributed by atoms with Crippen molar-refractivity contribution in [3.05, 3.63) is 130 Å². The van der Waals surface area contributed by atoms with Crippen molar-refractivity contribution in [2.45, 2.75) is 51.3 Å². The minimum absolute atomic E-state index is 0.0701. The van der Waals surface area contributed by atoms with Gasteiger partial charge in [0.15, 0.2) is 0 Å². The summed E-state index contributed by atoms with van der Waals surface area (Å²) in [7, 11) is 0. The van der Waals surface area contributed by atoms with Gasteiger partial charge in [0.25, 0.3) is 5.91 Å². The Kier molecular flexibility index (Phi) is 9.57. The number of esters is 1. The summed E-state index contributed by atoms with van der Waals surface area (Å²) < 4.78 is 5.68. The number of benzene rings is 4. The Morgan fingerprint density at radius 3 is 2.09 bits per heavy atom. The van der Waals surface area contributed by atoms with Crippen molar-refractivity contribution in [2.75, 3.05) is 5.32 Å². The quantitative estimate of drug-likeness (QED) is 0.158. The van der Waals surface area contributed by atoms with Gasteiger partial charge in [-0.2, -0.15) is 0 Å². The van der Waals surface area contributed by atoms with E-state index >= 15 is 0 Å². The second kappa shape index (κ2) is 13.9. The molecule has 9 heteroatoms. The fraction of sp³-hybridized carbons (Fsp3) is 0.222. The molecular formula is C36H35N3O6. The third-order valence-electron chi connectivity index (χ3n) is 7.63. The normalized spacial score (nSPS) is 16.1. The Balaban J connectivity index is 1.39. The van der Waals surface area contributed by atoms with Crippen molar-refractivity contribution >= 4 is 29.4 Å². The zero-order valence-electron chi connectivity index (χ0n) is 25.1. The molecule has 0 fully saturated rings. The van der Waals surface area contributed by atoms with E-state index < -0.39 is 36.0 Å². The van der Waals surface area contributed by atoms with Crippen LogP contribution in [0, 0.1) is 13.8 Å². The van der Waals surface area contributed by atoms with Gasteiger partial charge in [-0.25, -0.2) is 0 Å². The molecule has 0 aliphatic carbocycles. The maximum absolute atomic E-state index is 13.9. The van der Waals surface area contributed by atoms with Crippen molar-refractivity contribution in [3.8, 4) is 5.75 Å². The summed E-state index contributed by atoms with van der Waals surface area (Å²) in [4.78, 5) is 53.4. The van der Waals surface area contributed by atoms with Crippen LogP contribution < -0.4 is 16.0 Å². The van der Waals surface area contributed by atoms with E-state index in [0.29, 0.717) is 16.8 Å². The zero-order valence-corrected chi connectivity index (χ0v) is 25.1. The smallest absolute Gasteiger partial charge is 0.311 e. The van der Waals surface area contributed by atoms with Crippen LogP contribution in [-0.2, 0) is 43.2 Å². The molecule has 1 heterocycles. The van der Waals surface area contributed by atoms with E-state index in [9.17, 15) is 24.3 Å². The van der Waals surface area contributed by atoms with Gasteiger partial charge in [0.05, 0.1) is 12.8 Å². The number of phenols is 1. The number of fused-ring (bicyclic) bond motifs is 1. The Morgan fingerprint density at radius 1 is 0.822 bits per heavy atom. The number of aromatic hydroxyl groups is 1. The molecule has 5 rings (SSSR count). The summed E-state index contributed by atoms with van der Waals surface area (Å²) in [6, 6.07) is 26.3. The number of nitrogens with one attached hydrogen (secondary N) is 3. The Bertz CT molecular complexity index is 1690. The molecule has 45 heavy (non-hydrogen) atoms. The number of rotatable bonds is 10. The van der Waals surface area contributed by atoms with Crippen molar-refractivity contribution in [1.29, 1.82) is 0 Å². The highest BCUT2D eigenvalue weighted by molar-refractivity contribution is 6.00. The molecule has 1 aliphatic rings. The summed E-state index contributed by atoms with van der Waals surface area (Å²) in [5.41, 5.74) is 5.14. The molecule has 0 radical (unpaired) electrons. The van der Waals surface area contributed by atoms with Crippen LogP contribution in [0.15, 0.2) is 97.1 Å². The Labute approximate surface area is 261 Å². The van der Waals surface area contributed by atoms with Gasteiger partial charge in [-0.3, -0.25) is 19.2 Å². The third kappa shape index (κ3) is 8.14. The molecular weight excluding hydrogens is 570 g/mol. The van der Waals surface area contributed by atoms with E-state index in [0.717, 1.165) is 22.3 Å². The SMILES string of the molecule is Cc1ccc(CC(=O)N[C@@H](Cc2ccccc2)C(=O)N[C@H]2c3cc(O)ccc3NC(=O)[C@@H]2OC(=O)Cc2ccc(C)cc2)cc1. The van der Waals surface area contributed by atoms with Crippen LogP contribution in [0.25, 0.3) is 0 Å². The van der Waals surface area contributed by atoms with Crippen LogP contribution in [0.5, 0.6) is 5.75 Å². The van der Waals surface area contributed by atoms with Crippen LogP contribution in [0.3, 0.4) is 0 Å². The van der Waals surface area contributed by atoms with Crippen molar-refractivity contribution in [3.63, 3.8) is 0 Å². The first-order valence-corrected chi connectivity index (χ1v) is 14.7. The largest absolute Gasteiger partial charge is 0.508 e. The number of amides is 3. The van der Waals surface area contributed by atoms with Gasteiger partial charge in [-0.1, -0.05) is 90.0 Å². The lowest BCUT2D eigenvalue weighted by molar-refractivity contribution is -0.156. The van der Waals surface area contributed by atoms with Crippen LogP contribution in [0.4, 0.5) is 5.69 Å². The predicted molar refractivity (Wildman–Crippen MR) is 169 cm³/mol. The molecule has 4 N–H and O–H groups in total. The summed E-state index contributed by atoms with van der Waals surface area (Å²) >= 11 is 0. The molecule has 0 aromatic heterocycles. The van der Waals surface area contributed by atoms with Crippen molar-refractivity contribution < 1.29 is 29.0 Å². The Morgan fingerprint density at radius 2 is 1.44 bits per heavy atom. The number of aryl methyl sites for hydroxylation is 2. The minimum Gasteiger partial charge on any atom is -0.508 e. The fourth-order valence-electron chi connectivity index (χ4n) is 5.22. The van der Waals surface area contributed by atoms with E-state index in [1.54, 1.807) is 12.1 Å². The van der Waals surface area contributed by atoms with E-state index in [4.69, 9.17) is 4.74 Å². The third-order valence-corrected chi connectivity index (χ3v) is 7.63. The molecule has 0 saturated carbocycles. The second-order valence-electron chi connectivity index (χ2n) is 11.3. The first-order valence-electron chi connectivity index (χ1n) is 14.7. The Hall–Kier alpha value is -5.44. The lowest BCUT2D eigenvalue weighted by Gasteiger charge is -2.34. The first kappa shape index (κ1) is 31.0. The molecule has 0 saturated heterocycles. The van der Waals surface area contributed by atoms with Gasteiger partial charge < -0.3 is 25.8 Å². The van der Waals surface area contributed by atoms with Crippen molar-refractivity contribution in [1.82, 2.24) is 10.6 Å². The maximum atomic E-state index is 13.9. The summed E-state index contributed by atoms with van der Waals surface area (Å²) in [5.74, 6) is -2.31. The monoisotopic (exact) mass is 605 g/mol. The molecule has 0 unspecified atom stereocenters. The van der Waals surface area contributed by atoms with Crippen LogP contribution in [-0.4, -0.2) is 40.9 Å². The lowest BCUT2D eigenvalue weighted by atomic mass is 9.93.